The quantitative estimate of drug-likeness (QED) is 0.652. The number of aromatic nitrogens is 1. The molecule has 0 spiro atoms. The first kappa shape index (κ1) is 16.6. The van der Waals surface area contributed by atoms with E-state index in [1.165, 1.54) is 0 Å². The van der Waals surface area contributed by atoms with Crippen LogP contribution < -0.4 is 9.86 Å². The van der Waals surface area contributed by atoms with Crippen LogP contribution in [0.4, 0.5) is 5.69 Å². The fourth-order valence-electron chi connectivity index (χ4n) is 4.65. The summed E-state index contributed by atoms with van der Waals surface area (Å²) >= 11 is 0. The standard InChI is InChI=1S/C21H20N2O3S/c1-3-22-18-6-7-19-17(16(18)5-9-21(22)24)12-15-11-14-10-13(2)4-8-20(14)27(25,26)23(15)19/h4-10,15H,3,11-12H2,1-2H3. The SMILES string of the molecule is CCn1c(=O)ccc2c3c(ccc21)N1C(Cc2cc(C)ccc2S1(=O)=O)C3. The third-order valence-electron chi connectivity index (χ3n) is 5.79. The van der Waals surface area contributed by atoms with Crippen molar-refractivity contribution in [3.05, 3.63) is 69.5 Å². The number of nitrogens with zero attached hydrogens (tertiary/aromatic N) is 2. The van der Waals surface area contributed by atoms with Crippen molar-refractivity contribution in [1.29, 1.82) is 0 Å². The van der Waals surface area contributed by atoms with Crippen LogP contribution in [0.5, 0.6) is 0 Å². The van der Waals surface area contributed by atoms with Crippen LogP contribution in [0, 0.1) is 6.92 Å². The van der Waals surface area contributed by atoms with E-state index in [0.29, 0.717) is 24.3 Å². The molecule has 2 aliphatic heterocycles. The van der Waals surface area contributed by atoms with Gasteiger partial charge in [0.05, 0.1) is 22.1 Å². The normalized spacial score (nSPS) is 19.6. The molecule has 1 aromatic heterocycles. The van der Waals surface area contributed by atoms with Crippen LogP contribution in [0.3, 0.4) is 0 Å². The van der Waals surface area contributed by atoms with Gasteiger partial charge >= 0.3 is 0 Å². The van der Waals surface area contributed by atoms with Crippen molar-refractivity contribution in [1.82, 2.24) is 4.57 Å². The average Bonchev–Trinajstić information content (AvgIpc) is 3.00. The van der Waals surface area contributed by atoms with Gasteiger partial charge in [0.2, 0.25) is 0 Å². The first-order valence-electron chi connectivity index (χ1n) is 9.21. The fraction of sp³-hybridized carbons (Fsp3) is 0.286. The molecule has 0 radical (unpaired) electrons. The highest BCUT2D eigenvalue weighted by molar-refractivity contribution is 7.93. The van der Waals surface area contributed by atoms with E-state index in [4.69, 9.17) is 0 Å². The van der Waals surface area contributed by atoms with Gasteiger partial charge in [-0.2, -0.15) is 0 Å². The predicted molar refractivity (Wildman–Crippen MR) is 106 cm³/mol. The van der Waals surface area contributed by atoms with Crippen molar-refractivity contribution >= 4 is 26.6 Å². The summed E-state index contributed by atoms with van der Waals surface area (Å²) in [5.74, 6) is 0. The second kappa shape index (κ2) is 5.45. The molecule has 3 aromatic rings. The third kappa shape index (κ3) is 2.16. The summed E-state index contributed by atoms with van der Waals surface area (Å²) in [6, 6.07) is 12.6. The van der Waals surface area contributed by atoms with E-state index >= 15 is 0 Å². The minimum Gasteiger partial charge on any atom is -0.309 e. The predicted octanol–water partition coefficient (Wildman–Crippen LogP) is 3.01. The highest BCUT2D eigenvalue weighted by Gasteiger charge is 2.43. The Hall–Kier alpha value is -2.60. The maximum atomic E-state index is 13.3. The number of sulfonamides is 1. The molecule has 0 saturated carbocycles. The molecular weight excluding hydrogens is 360 g/mol. The molecule has 0 bridgehead atoms. The Balaban J connectivity index is 1.76. The van der Waals surface area contributed by atoms with Crippen LogP contribution in [0.25, 0.3) is 10.9 Å². The molecule has 1 unspecified atom stereocenters. The zero-order valence-electron chi connectivity index (χ0n) is 15.3. The van der Waals surface area contributed by atoms with E-state index in [0.717, 1.165) is 33.3 Å². The van der Waals surface area contributed by atoms with Crippen LogP contribution in [0.2, 0.25) is 0 Å². The topological polar surface area (TPSA) is 59.4 Å². The third-order valence-corrected chi connectivity index (χ3v) is 7.76. The maximum absolute atomic E-state index is 13.3. The first-order valence-corrected chi connectivity index (χ1v) is 10.6. The number of fused-ring (bicyclic) bond motifs is 6. The molecule has 6 heteroatoms. The van der Waals surface area contributed by atoms with Gasteiger partial charge in [-0.05, 0) is 62.1 Å². The number of pyridine rings is 1. The highest BCUT2D eigenvalue weighted by atomic mass is 32.2. The number of benzene rings is 2. The lowest BCUT2D eigenvalue weighted by Gasteiger charge is -2.33. The zero-order chi connectivity index (χ0) is 18.9. The second-order valence-corrected chi connectivity index (χ2v) is 9.17. The largest absolute Gasteiger partial charge is 0.309 e. The minimum absolute atomic E-state index is 0.0313. The van der Waals surface area contributed by atoms with Gasteiger partial charge in [-0.15, -0.1) is 0 Å². The molecule has 0 saturated heterocycles. The Bertz CT molecular complexity index is 1270. The lowest BCUT2D eigenvalue weighted by molar-refractivity contribution is 0.564. The van der Waals surface area contributed by atoms with Crippen molar-refractivity contribution in [2.24, 2.45) is 0 Å². The Labute approximate surface area is 157 Å². The summed E-state index contributed by atoms with van der Waals surface area (Å²) in [6.45, 7) is 4.52. The molecule has 1 atom stereocenters. The molecule has 138 valence electrons. The molecule has 27 heavy (non-hydrogen) atoms. The Morgan fingerprint density at radius 1 is 1.07 bits per heavy atom. The molecule has 5 nitrogen and oxygen atoms in total. The number of aryl methyl sites for hydroxylation is 2. The Kier molecular flexibility index (Phi) is 3.35. The number of hydrogen-bond acceptors (Lipinski definition) is 3. The summed E-state index contributed by atoms with van der Waals surface area (Å²) in [7, 11) is -3.58. The van der Waals surface area contributed by atoms with Gasteiger partial charge in [-0.3, -0.25) is 9.10 Å². The summed E-state index contributed by atoms with van der Waals surface area (Å²) in [5.41, 5.74) is 4.59. The second-order valence-electron chi connectivity index (χ2n) is 7.39. The van der Waals surface area contributed by atoms with E-state index in [9.17, 15) is 13.2 Å². The van der Waals surface area contributed by atoms with E-state index in [2.05, 4.69) is 0 Å². The van der Waals surface area contributed by atoms with Crippen LogP contribution in [-0.4, -0.2) is 19.0 Å². The number of rotatable bonds is 1. The van der Waals surface area contributed by atoms with Gasteiger partial charge in [-0.25, -0.2) is 8.42 Å². The van der Waals surface area contributed by atoms with Gasteiger partial charge in [0, 0.05) is 18.0 Å². The summed E-state index contributed by atoms with van der Waals surface area (Å²) in [6.07, 6.45) is 1.38. The van der Waals surface area contributed by atoms with Crippen LogP contribution >= 0.6 is 0 Å². The molecule has 2 aromatic carbocycles. The smallest absolute Gasteiger partial charge is 0.264 e. The van der Waals surface area contributed by atoms with Gasteiger partial charge in [-0.1, -0.05) is 17.7 Å². The van der Waals surface area contributed by atoms with Crippen LogP contribution in [0.1, 0.15) is 23.6 Å². The number of hydrogen-bond donors (Lipinski definition) is 0. The summed E-state index contributed by atoms with van der Waals surface area (Å²) in [4.78, 5) is 12.6. The molecule has 0 N–H and O–H groups in total. The average molecular weight is 380 g/mol. The van der Waals surface area contributed by atoms with Crippen LogP contribution in [0.15, 0.2) is 52.2 Å². The highest BCUT2D eigenvalue weighted by Crippen LogP contribution is 2.44. The molecule has 3 heterocycles. The van der Waals surface area contributed by atoms with Gasteiger partial charge in [0.1, 0.15) is 0 Å². The molecular formula is C21H20N2O3S. The van der Waals surface area contributed by atoms with E-state index in [-0.39, 0.29) is 11.6 Å². The Morgan fingerprint density at radius 3 is 2.67 bits per heavy atom. The van der Waals surface area contributed by atoms with Gasteiger partial charge < -0.3 is 4.57 Å². The number of anilines is 1. The van der Waals surface area contributed by atoms with Gasteiger partial charge in [0.15, 0.2) is 0 Å². The van der Waals surface area contributed by atoms with E-state index in [1.807, 2.05) is 44.2 Å². The summed E-state index contributed by atoms with van der Waals surface area (Å²) in [5, 5.41) is 0.971. The zero-order valence-corrected chi connectivity index (χ0v) is 16.1. The summed E-state index contributed by atoms with van der Waals surface area (Å²) < 4.78 is 30.0. The van der Waals surface area contributed by atoms with E-state index < -0.39 is 10.0 Å². The molecule has 2 aliphatic rings. The molecule has 0 aliphatic carbocycles. The maximum Gasteiger partial charge on any atom is 0.264 e. The molecule has 0 amide bonds. The van der Waals surface area contributed by atoms with Crippen molar-refractivity contribution in [2.45, 2.75) is 44.2 Å². The minimum atomic E-state index is -3.58. The molecule has 5 rings (SSSR count). The van der Waals surface area contributed by atoms with Crippen molar-refractivity contribution in [2.75, 3.05) is 4.31 Å². The monoisotopic (exact) mass is 380 g/mol. The van der Waals surface area contributed by atoms with Crippen molar-refractivity contribution < 1.29 is 8.42 Å². The lowest BCUT2D eigenvalue weighted by Crippen LogP contribution is -2.43. The fourth-order valence-corrected chi connectivity index (χ4v) is 6.54. The van der Waals surface area contributed by atoms with Crippen molar-refractivity contribution in [3.63, 3.8) is 0 Å². The molecule has 0 fully saturated rings. The lowest BCUT2D eigenvalue weighted by atomic mass is 9.99. The Morgan fingerprint density at radius 2 is 1.89 bits per heavy atom. The van der Waals surface area contributed by atoms with Crippen molar-refractivity contribution in [3.8, 4) is 0 Å². The van der Waals surface area contributed by atoms with Gasteiger partial charge in [0.25, 0.3) is 15.6 Å². The van der Waals surface area contributed by atoms with Crippen LogP contribution in [-0.2, 0) is 29.4 Å². The first-order chi connectivity index (χ1) is 12.9. The van der Waals surface area contributed by atoms with E-state index in [1.54, 1.807) is 21.0 Å².